The molecule has 0 atom stereocenters. The minimum absolute atomic E-state index is 0.0322. The Bertz CT molecular complexity index is 381. The van der Waals surface area contributed by atoms with Gasteiger partial charge in [-0.15, -0.1) is 0 Å². The van der Waals surface area contributed by atoms with Gasteiger partial charge >= 0.3 is 0 Å². The average Bonchev–Trinajstić information content (AvgIpc) is 3.01. The summed E-state index contributed by atoms with van der Waals surface area (Å²) in [4.78, 5) is 11.5. The summed E-state index contributed by atoms with van der Waals surface area (Å²) >= 11 is 0. The van der Waals surface area contributed by atoms with Crippen molar-refractivity contribution >= 4 is 11.7 Å². The maximum absolute atomic E-state index is 11.5. The van der Waals surface area contributed by atoms with Crippen LogP contribution >= 0.6 is 0 Å². The first-order chi connectivity index (χ1) is 7.66. The van der Waals surface area contributed by atoms with Crippen molar-refractivity contribution in [3.8, 4) is 0 Å². The fourth-order valence-corrected chi connectivity index (χ4v) is 1.49. The van der Waals surface area contributed by atoms with Crippen molar-refractivity contribution in [2.75, 3.05) is 18.4 Å². The highest BCUT2D eigenvalue weighted by atomic mass is 16.2. The molecule has 1 aliphatic rings. The Morgan fingerprint density at radius 3 is 2.81 bits per heavy atom. The number of amides is 1. The van der Waals surface area contributed by atoms with Crippen LogP contribution in [0, 0.1) is 19.8 Å². The van der Waals surface area contributed by atoms with E-state index < -0.39 is 0 Å². The molecule has 5 heteroatoms. The molecule has 1 fully saturated rings. The van der Waals surface area contributed by atoms with Crippen LogP contribution < -0.4 is 10.6 Å². The van der Waals surface area contributed by atoms with Crippen molar-refractivity contribution < 1.29 is 4.79 Å². The Kier molecular flexibility index (Phi) is 3.24. The molecule has 16 heavy (non-hydrogen) atoms. The van der Waals surface area contributed by atoms with Crippen LogP contribution in [0.2, 0.25) is 0 Å². The lowest BCUT2D eigenvalue weighted by Gasteiger charge is -2.04. The fourth-order valence-electron chi connectivity index (χ4n) is 1.49. The van der Waals surface area contributed by atoms with Gasteiger partial charge in [0.15, 0.2) is 5.82 Å². The minimum Gasteiger partial charge on any atom is -0.308 e. The topological polar surface area (TPSA) is 69.8 Å². The van der Waals surface area contributed by atoms with Crippen LogP contribution in [0.15, 0.2) is 0 Å². The van der Waals surface area contributed by atoms with Crippen molar-refractivity contribution in [3.05, 3.63) is 11.3 Å². The molecule has 1 aliphatic carbocycles. The second kappa shape index (κ2) is 4.65. The normalized spacial score (nSPS) is 15.1. The van der Waals surface area contributed by atoms with Crippen LogP contribution in [0.25, 0.3) is 0 Å². The van der Waals surface area contributed by atoms with E-state index in [4.69, 9.17) is 0 Å². The first-order valence-corrected chi connectivity index (χ1v) is 5.69. The van der Waals surface area contributed by atoms with Gasteiger partial charge in [-0.2, -0.15) is 5.10 Å². The summed E-state index contributed by atoms with van der Waals surface area (Å²) in [7, 11) is 0. The zero-order valence-corrected chi connectivity index (χ0v) is 9.76. The molecule has 1 saturated carbocycles. The van der Waals surface area contributed by atoms with Crippen LogP contribution in [-0.2, 0) is 4.79 Å². The van der Waals surface area contributed by atoms with Crippen LogP contribution in [0.5, 0.6) is 0 Å². The van der Waals surface area contributed by atoms with Gasteiger partial charge in [-0.25, -0.2) is 0 Å². The molecule has 0 unspecified atom stereocenters. The lowest BCUT2D eigenvalue weighted by atomic mass is 10.3. The molecular formula is C11H18N4O. The molecular weight excluding hydrogens is 204 g/mol. The van der Waals surface area contributed by atoms with Gasteiger partial charge in [0.25, 0.3) is 0 Å². The lowest BCUT2D eigenvalue weighted by molar-refractivity contribution is -0.115. The van der Waals surface area contributed by atoms with Gasteiger partial charge in [-0.3, -0.25) is 9.89 Å². The molecule has 1 amide bonds. The summed E-state index contributed by atoms with van der Waals surface area (Å²) in [5, 5.41) is 12.8. The molecule has 1 heterocycles. The lowest BCUT2D eigenvalue weighted by Crippen LogP contribution is -2.29. The van der Waals surface area contributed by atoms with Gasteiger partial charge in [0, 0.05) is 11.3 Å². The predicted molar refractivity (Wildman–Crippen MR) is 62.3 cm³/mol. The average molecular weight is 222 g/mol. The van der Waals surface area contributed by atoms with Gasteiger partial charge in [0.05, 0.1) is 6.54 Å². The molecule has 88 valence electrons. The molecule has 0 radical (unpaired) electrons. The second-order valence-electron chi connectivity index (χ2n) is 4.44. The Morgan fingerprint density at radius 2 is 2.25 bits per heavy atom. The largest absolute Gasteiger partial charge is 0.308 e. The summed E-state index contributed by atoms with van der Waals surface area (Å²) in [5.41, 5.74) is 1.98. The number of aryl methyl sites for hydroxylation is 1. The SMILES string of the molecule is Cc1[nH]nc(NC(=O)CNCC2CC2)c1C. The molecule has 3 N–H and O–H groups in total. The van der Waals surface area contributed by atoms with E-state index >= 15 is 0 Å². The molecule has 0 saturated heterocycles. The number of hydrogen-bond donors (Lipinski definition) is 3. The van der Waals surface area contributed by atoms with E-state index in [1.807, 2.05) is 13.8 Å². The van der Waals surface area contributed by atoms with E-state index in [1.165, 1.54) is 12.8 Å². The summed E-state index contributed by atoms with van der Waals surface area (Å²) in [6.07, 6.45) is 2.60. The number of aromatic amines is 1. The first kappa shape index (κ1) is 11.1. The molecule has 2 rings (SSSR count). The highest BCUT2D eigenvalue weighted by Crippen LogP contribution is 2.27. The van der Waals surface area contributed by atoms with Crippen molar-refractivity contribution in [1.82, 2.24) is 15.5 Å². The molecule has 1 aromatic heterocycles. The van der Waals surface area contributed by atoms with Crippen LogP contribution in [0.4, 0.5) is 5.82 Å². The van der Waals surface area contributed by atoms with E-state index in [0.717, 1.165) is 23.7 Å². The van der Waals surface area contributed by atoms with Gasteiger partial charge in [0.2, 0.25) is 5.91 Å². The van der Waals surface area contributed by atoms with Crippen molar-refractivity contribution in [2.45, 2.75) is 26.7 Å². The smallest absolute Gasteiger partial charge is 0.239 e. The predicted octanol–water partition coefficient (Wildman–Crippen LogP) is 0.965. The Hall–Kier alpha value is -1.36. The van der Waals surface area contributed by atoms with Gasteiger partial charge in [0.1, 0.15) is 0 Å². The van der Waals surface area contributed by atoms with Crippen molar-refractivity contribution in [3.63, 3.8) is 0 Å². The number of anilines is 1. The molecule has 0 spiro atoms. The van der Waals surface area contributed by atoms with Crippen LogP contribution in [-0.4, -0.2) is 29.2 Å². The van der Waals surface area contributed by atoms with Crippen LogP contribution in [0.1, 0.15) is 24.1 Å². The maximum atomic E-state index is 11.5. The number of nitrogens with one attached hydrogen (secondary N) is 3. The highest BCUT2D eigenvalue weighted by Gasteiger charge is 2.20. The third-order valence-corrected chi connectivity index (χ3v) is 2.93. The third-order valence-electron chi connectivity index (χ3n) is 2.93. The van der Waals surface area contributed by atoms with Crippen molar-refractivity contribution in [2.24, 2.45) is 5.92 Å². The number of hydrogen-bond acceptors (Lipinski definition) is 3. The quantitative estimate of drug-likeness (QED) is 0.695. The van der Waals surface area contributed by atoms with E-state index in [-0.39, 0.29) is 5.91 Å². The number of aromatic nitrogens is 2. The number of carbonyl (C=O) groups is 1. The summed E-state index contributed by atoms with van der Waals surface area (Å²) in [5.74, 6) is 1.40. The Balaban J connectivity index is 1.75. The number of carbonyl (C=O) groups excluding carboxylic acids is 1. The van der Waals surface area contributed by atoms with Crippen LogP contribution in [0.3, 0.4) is 0 Å². The van der Waals surface area contributed by atoms with E-state index in [2.05, 4.69) is 20.8 Å². The Labute approximate surface area is 95.0 Å². The zero-order chi connectivity index (χ0) is 11.5. The molecule has 1 aromatic rings. The zero-order valence-electron chi connectivity index (χ0n) is 9.76. The first-order valence-electron chi connectivity index (χ1n) is 5.69. The third kappa shape index (κ3) is 2.82. The summed E-state index contributed by atoms with van der Waals surface area (Å²) in [6.45, 7) is 5.18. The number of nitrogens with zero attached hydrogens (tertiary/aromatic N) is 1. The fraction of sp³-hybridized carbons (Fsp3) is 0.636. The Morgan fingerprint density at radius 1 is 1.50 bits per heavy atom. The summed E-state index contributed by atoms with van der Waals surface area (Å²) < 4.78 is 0. The van der Waals surface area contributed by atoms with Gasteiger partial charge < -0.3 is 10.6 Å². The second-order valence-corrected chi connectivity index (χ2v) is 4.44. The minimum atomic E-state index is -0.0322. The molecule has 0 bridgehead atoms. The number of rotatable bonds is 5. The van der Waals surface area contributed by atoms with Gasteiger partial charge in [-0.1, -0.05) is 0 Å². The molecule has 5 nitrogen and oxygen atoms in total. The van der Waals surface area contributed by atoms with E-state index in [0.29, 0.717) is 12.4 Å². The van der Waals surface area contributed by atoms with E-state index in [9.17, 15) is 4.79 Å². The number of H-pyrrole nitrogens is 1. The molecule has 0 aromatic carbocycles. The monoisotopic (exact) mass is 222 g/mol. The summed E-state index contributed by atoms with van der Waals surface area (Å²) in [6, 6.07) is 0. The van der Waals surface area contributed by atoms with Crippen molar-refractivity contribution in [1.29, 1.82) is 0 Å². The molecule has 0 aliphatic heterocycles. The standard InChI is InChI=1S/C11H18N4O/c1-7-8(2)14-15-11(7)13-10(16)6-12-5-9-3-4-9/h9,12H,3-6H2,1-2H3,(H2,13,14,15,16). The van der Waals surface area contributed by atoms with E-state index in [1.54, 1.807) is 0 Å². The highest BCUT2D eigenvalue weighted by molar-refractivity contribution is 5.92. The maximum Gasteiger partial charge on any atom is 0.239 e. The van der Waals surface area contributed by atoms with Gasteiger partial charge in [-0.05, 0) is 39.2 Å².